The van der Waals surface area contributed by atoms with Crippen molar-refractivity contribution in [2.24, 2.45) is 17.6 Å². The van der Waals surface area contributed by atoms with Gasteiger partial charge in [0.25, 0.3) is 0 Å². The Balaban J connectivity index is 1.84. The predicted octanol–water partition coefficient (Wildman–Crippen LogP) is 2.54. The highest BCUT2D eigenvalue weighted by molar-refractivity contribution is 5.79. The summed E-state index contributed by atoms with van der Waals surface area (Å²) >= 11 is 0. The molecule has 1 aliphatic carbocycles. The second-order valence-electron chi connectivity index (χ2n) is 6.06. The summed E-state index contributed by atoms with van der Waals surface area (Å²) in [6, 6.07) is 0. The highest BCUT2D eigenvalue weighted by Gasteiger charge is 2.27. The molecule has 18 heavy (non-hydrogen) atoms. The Labute approximate surface area is 111 Å². The molecule has 1 saturated heterocycles. The van der Waals surface area contributed by atoms with Gasteiger partial charge in [-0.15, -0.1) is 0 Å². The first-order valence-corrected chi connectivity index (χ1v) is 7.80. The van der Waals surface area contributed by atoms with Crippen molar-refractivity contribution in [3.05, 3.63) is 0 Å². The largest absolute Gasteiger partial charge is 0.342 e. The van der Waals surface area contributed by atoms with Gasteiger partial charge in [0.2, 0.25) is 5.91 Å². The molecule has 1 unspecified atom stereocenters. The maximum atomic E-state index is 12.4. The van der Waals surface area contributed by atoms with Crippen molar-refractivity contribution in [2.75, 3.05) is 19.6 Å². The maximum Gasteiger partial charge on any atom is 0.226 e. The Kier molecular flexibility index (Phi) is 5.48. The van der Waals surface area contributed by atoms with Gasteiger partial charge >= 0.3 is 0 Å². The lowest BCUT2D eigenvalue weighted by Crippen LogP contribution is -2.42. The van der Waals surface area contributed by atoms with Crippen LogP contribution in [0, 0.1) is 11.8 Å². The van der Waals surface area contributed by atoms with E-state index in [-0.39, 0.29) is 5.92 Å². The average molecular weight is 252 g/mol. The first kappa shape index (κ1) is 13.9. The molecule has 2 aliphatic rings. The summed E-state index contributed by atoms with van der Waals surface area (Å²) in [4.78, 5) is 14.5. The van der Waals surface area contributed by atoms with Crippen LogP contribution in [0.5, 0.6) is 0 Å². The third-order valence-corrected chi connectivity index (χ3v) is 4.64. The topological polar surface area (TPSA) is 46.3 Å². The summed E-state index contributed by atoms with van der Waals surface area (Å²) in [7, 11) is 0. The van der Waals surface area contributed by atoms with Crippen molar-refractivity contribution in [1.29, 1.82) is 0 Å². The van der Waals surface area contributed by atoms with Gasteiger partial charge in [0.05, 0.1) is 5.92 Å². The van der Waals surface area contributed by atoms with Crippen LogP contribution >= 0.6 is 0 Å². The maximum absolute atomic E-state index is 12.4. The smallest absolute Gasteiger partial charge is 0.226 e. The van der Waals surface area contributed by atoms with Crippen LogP contribution < -0.4 is 5.73 Å². The first-order valence-electron chi connectivity index (χ1n) is 7.80. The van der Waals surface area contributed by atoms with E-state index >= 15 is 0 Å². The number of carbonyl (C=O) groups excluding carboxylic acids is 1. The predicted molar refractivity (Wildman–Crippen MR) is 74.2 cm³/mol. The van der Waals surface area contributed by atoms with Crippen LogP contribution in [0.1, 0.15) is 57.8 Å². The SMILES string of the molecule is NCC(CC1CCCCC1)C(=O)N1CCCCC1. The van der Waals surface area contributed by atoms with E-state index in [0.717, 1.165) is 25.4 Å². The van der Waals surface area contributed by atoms with Crippen LogP contribution in [0.25, 0.3) is 0 Å². The Morgan fingerprint density at radius 2 is 1.67 bits per heavy atom. The second-order valence-corrected chi connectivity index (χ2v) is 6.06. The summed E-state index contributed by atoms with van der Waals surface area (Å²) < 4.78 is 0. The monoisotopic (exact) mass is 252 g/mol. The Hall–Kier alpha value is -0.570. The fourth-order valence-corrected chi connectivity index (χ4v) is 3.50. The third-order valence-electron chi connectivity index (χ3n) is 4.64. The molecule has 2 rings (SSSR count). The fourth-order valence-electron chi connectivity index (χ4n) is 3.50. The minimum absolute atomic E-state index is 0.0891. The van der Waals surface area contributed by atoms with Crippen molar-refractivity contribution in [2.45, 2.75) is 57.8 Å². The molecule has 1 atom stereocenters. The summed E-state index contributed by atoms with van der Waals surface area (Å²) in [5.74, 6) is 1.18. The van der Waals surface area contributed by atoms with Gasteiger partial charge in [0.1, 0.15) is 0 Å². The molecule has 0 aromatic carbocycles. The van der Waals surface area contributed by atoms with Gasteiger partial charge in [-0.05, 0) is 31.6 Å². The number of nitrogens with zero attached hydrogens (tertiary/aromatic N) is 1. The quantitative estimate of drug-likeness (QED) is 0.836. The van der Waals surface area contributed by atoms with E-state index < -0.39 is 0 Å². The number of rotatable bonds is 4. The highest BCUT2D eigenvalue weighted by atomic mass is 16.2. The number of hydrogen-bond acceptors (Lipinski definition) is 2. The van der Waals surface area contributed by atoms with E-state index in [0.29, 0.717) is 12.5 Å². The Bertz CT molecular complexity index is 255. The van der Waals surface area contributed by atoms with Gasteiger partial charge in [0, 0.05) is 19.6 Å². The van der Waals surface area contributed by atoms with Crippen LogP contribution in [0.2, 0.25) is 0 Å². The minimum Gasteiger partial charge on any atom is -0.342 e. The molecule has 1 aliphatic heterocycles. The van der Waals surface area contributed by atoms with Crippen LogP contribution in [0.15, 0.2) is 0 Å². The Morgan fingerprint density at radius 1 is 1.06 bits per heavy atom. The number of piperidine rings is 1. The molecule has 3 nitrogen and oxygen atoms in total. The molecule has 3 heteroatoms. The van der Waals surface area contributed by atoms with E-state index in [1.54, 1.807) is 0 Å². The van der Waals surface area contributed by atoms with Gasteiger partial charge in [-0.1, -0.05) is 32.1 Å². The van der Waals surface area contributed by atoms with Gasteiger partial charge in [0.15, 0.2) is 0 Å². The van der Waals surface area contributed by atoms with Crippen molar-refractivity contribution in [3.63, 3.8) is 0 Å². The standard InChI is InChI=1S/C15H28N2O/c16-12-14(11-13-7-3-1-4-8-13)15(18)17-9-5-2-6-10-17/h13-14H,1-12,16H2. The molecular formula is C15H28N2O. The summed E-state index contributed by atoms with van der Waals surface area (Å²) in [6.45, 7) is 2.45. The van der Waals surface area contributed by atoms with Gasteiger partial charge in [-0.2, -0.15) is 0 Å². The highest BCUT2D eigenvalue weighted by Crippen LogP contribution is 2.29. The summed E-state index contributed by atoms with van der Waals surface area (Å²) in [5.41, 5.74) is 5.85. The number of nitrogens with two attached hydrogens (primary N) is 1. The Morgan fingerprint density at radius 3 is 2.28 bits per heavy atom. The van der Waals surface area contributed by atoms with Gasteiger partial charge < -0.3 is 10.6 Å². The normalized spacial score (nSPS) is 23.9. The van der Waals surface area contributed by atoms with Crippen LogP contribution in [-0.2, 0) is 4.79 Å². The fraction of sp³-hybridized carbons (Fsp3) is 0.933. The van der Waals surface area contributed by atoms with Gasteiger partial charge in [-0.3, -0.25) is 4.79 Å². The van der Waals surface area contributed by atoms with E-state index in [2.05, 4.69) is 4.90 Å². The summed E-state index contributed by atoms with van der Waals surface area (Å²) in [6.07, 6.45) is 11.3. The lowest BCUT2D eigenvalue weighted by Gasteiger charge is -2.32. The number of likely N-dealkylation sites (tertiary alicyclic amines) is 1. The zero-order valence-electron chi connectivity index (χ0n) is 11.6. The van der Waals surface area contributed by atoms with Crippen LogP contribution in [-0.4, -0.2) is 30.4 Å². The van der Waals surface area contributed by atoms with Crippen LogP contribution in [0.4, 0.5) is 0 Å². The molecule has 0 aromatic rings. The van der Waals surface area contributed by atoms with Crippen molar-refractivity contribution in [1.82, 2.24) is 4.90 Å². The van der Waals surface area contributed by atoms with Crippen LogP contribution in [0.3, 0.4) is 0 Å². The van der Waals surface area contributed by atoms with E-state index in [9.17, 15) is 4.79 Å². The molecule has 0 aromatic heterocycles. The van der Waals surface area contributed by atoms with E-state index in [4.69, 9.17) is 5.73 Å². The molecule has 2 fully saturated rings. The zero-order chi connectivity index (χ0) is 12.8. The number of carbonyl (C=O) groups is 1. The van der Waals surface area contributed by atoms with Crippen molar-refractivity contribution >= 4 is 5.91 Å². The molecule has 0 spiro atoms. The lowest BCUT2D eigenvalue weighted by atomic mass is 9.82. The number of hydrogen-bond donors (Lipinski definition) is 1. The molecule has 1 heterocycles. The summed E-state index contributed by atoms with van der Waals surface area (Å²) in [5, 5.41) is 0. The molecule has 0 bridgehead atoms. The van der Waals surface area contributed by atoms with Crippen molar-refractivity contribution < 1.29 is 4.79 Å². The molecule has 1 saturated carbocycles. The average Bonchev–Trinajstić information content (AvgIpc) is 2.46. The third kappa shape index (κ3) is 3.71. The zero-order valence-corrected chi connectivity index (χ0v) is 11.6. The van der Waals surface area contributed by atoms with E-state index in [1.165, 1.54) is 51.4 Å². The molecule has 2 N–H and O–H groups in total. The molecular weight excluding hydrogens is 224 g/mol. The first-order chi connectivity index (χ1) is 8.81. The van der Waals surface area contributed by atoms with E-state index in [1.807, 2.05) is 0 Å². The molecule has 1 amide bonds. The van der Waals surface area contributed by atoms with Crippen molar-refractivity contribution in [3.8, 4) is 0 Å². The number of amides is 1. The lowest BCUT2D eigenvalue weighted by molar-refractivity contribution is -0.136. The molecule has 104 valence electrons. The van der Waals surface area contributed by atoms with Gasteiger partial charge in [-0.25, -0.2) is 0 Å². The molecule has 0 radical (unpaired) electrons. The minimum atomic E-state index is 0.0891. The second kappa shape index (κ2) is 7.13.